The molecule has 0 atom stereocenters. The van der Waals surface area contributed by atoms with E-state index in [1.807, 2.05) is 18.2 Å². The first kappa shape index (κ1) is 14.8. The Labute approximate surface area is 133 Å². The summed E-state index contributed by atoms with van der Waals surface area (Å²) in [6.45, 7) is 1.72. The van der Waals surface area contributed by atoms with Crippen LogP contribution in [-0.2, 0) is 0 Å². The van der Waals surface area contributed by atoms with E-state index in [-0.39, 0.29) is 16.9 Å². The third-order valence-corrected chi connectivity index (χ3v) is 3.67. The summed E-state index contributed by atoms with van der Waals surface area (Å²) in [5, 5.41) is 2.96. The average Bonchev–Trinajstić information content (AvgIpc) is 2.89. The molecule has 0 radical (unpaired) electrons. The summed E-state index contributed by atoms with van der Waals surface area (Å²) in [5.41, 5.74) is 1.48. The number of ether oxygens (including phenoxy) is 1. The van der Waals surface area contributed by atoms with Crippen molar-refractivity contribution in [1.82, 2.24) is 9.78 Å². The molecule has 0 aliphatic carbocycles. The second-order valence-electron chi connectivity index (χ2n) is 5.15. The van der Waals surface area contributed by atoms with Crippen LogP contribution in [0.15, 0.2) is 59.4 Å². The molecule has 1 N–H and O–H groups in total. The minimum atomic E-state index is -0.352. The number of H-pyrrole nitrogens is 1. The van der Waals surface area contributed by atoms with E-state index in [1.165, 1.54) is 4.68 Å². The number of aryl methyl sites for hydroxylation is 1. The van der Waals surface area contributed by atoms with Gasteiger partial charge in [-0.2, -0.15) is 0 Å². The van der Waals surface area contributed by atoms with E-state index in [9.17, 15) is 9.59 Å². The van der Waals surface area contributed by atoms with Gasteiger partial charge in [-0.05, 0) is 43.3 Å². The number of nitrogens with one attached hydrogen (secondary N) is 1. The number of aromatic amines is 1. The van der Waals surface area contributed by atoms with Gasteiger partial charge in [0, 0.05) is 11.3 Å². The highest BCUT2D eigenvalue weighted by molar-refractivity contribution is 6.09. The fraction of sp³-hybridized carbons (Fsp3) is 0.111. The first-order valence-electron chi connectivity index (χ1n) is 7.17. The standard InChI is InChI=1S/C18H16N2O3/c1-12-16(17(21)13-8-10-15(23-2)11-9-13)18(22)20(19-12)14-6-4-3-5-7-14/h3-11,19H,1-2H3. The summed E-state index contributed by atoms with van der Waals surface area (Å²) in [6.07, 6.45) is 0. The Hall–Kier alpha value is -3.08. The van der Waals surface area contributed by atoms with Gasteiger partial charge >= 0.3 is 0 Å². The molecule has 3 aromatic rings. The smallest absolute Gasteiger partial charge is 0.282 e. The van der Waals surface area contributed by atoms with Gasteiger partial charge in [0.2, 0.25) is 0 Å². The number of carbonyl (C=O) groups is 1. The molecule has 1 aromatic heterocycles. The van der Waals surface area contributed by atoms with Crippen molar-refractivity contribution in [3.63, 3.8) is 0 Å². The Morgan fingerprint density at radius 1 is 1.04 bits per heavy atom. The number of methoxy groups -OCH3 is 1. The van der Waals surface area contributed by atoms with Crippen LogP contribution < -0.4 is 10.3 Å². The molecular formula is C18H16N2O3. The number of nitrogens with zero attached hydrogens (tertiary/aromatic N) is 1. The second-order valence-corrected chi connectivity index (χ2v) is 5.15. The Morgan fingerprint density at radius 3 is 2.30 bits per heavy atom. The molecule has 3 rings (SSSR count). The minimum absolute atomic E-state index is 0.152. The molecule has 0 fully saturated rings. The molecule has 0 spiro atoms. The summed E-state index contributed by atoms with van der Waals surface area (Å²) in [6, 6.07) is 15.9. The number of hydrogen-bond donors (Lipinski definition) is 1. The maximum Gasteiger partial charge on any atom is 0.282 e. The van der Waals surface area contributed by atoms with E-state index in [2.05, 4.69) is 5.10 Å². The maximum atomic E-state index is 12.7. The zero-order chi connectivity index (χ0) is 16.4. The van der Waals surface area contributed by atoms with Crippen molar-refractivity contribution >= 4 is 5.78 Å². The van der Waals surface area contributed by atoms with Gasteiger partial charge in [0.25, 0.3) is 5.56 Å². The number of ketones is 1. The van der Waals surface area contributed by atoms with Crippen LogP contribution in [0, 0.1) is 6.92 Å². The van der Waals surface area contributed by atoms with Crippen molar-refractivity contribution in [3.05, 3.63) is 81.8 Å². The van der Waals surface area contributed by atoms with E-state index in [0.29, 0.717) is 22.7 Å². The first-order valence-corrected chi connectivity index (χ1v) is 7.17. The fourth-order valence-electron chi connectivity index (χ4n) is 2.46. The molecule has 0 unspecified atom stereocenters. The van der Waals surface area contributed by atoms with Gasteiger partial charge in [-0.25, -0.2) is 4.68 Å². The van der Waals surface area contributed by atoms with E-state index in [0.717, 1.165) is 0 Å². The van der Waals surface area contributed by atoms with Crippen LogP contribution in [0.4, 0.5) is 0 Å². The van der Waals surface area contributed by atoms with Crippen molar-refractivity contribution in [2.24, 2.45) is 0 Å². The summed E-state index contributed by atoms with van der Waals surface area (Å²) < 4.78 is 6.46. The van der Waals surface area contributed by atoms with E-state index >= 15 is 0 Å². The van der Waals surface area contributed by atoms with E-state index in [4.69, 9.17) is 4.74 Å². The van der Waals surface area contributed by atoms with Crippen LogP contribution in [0.2, 0.25) is 0 Å². The zero-order valence-electron chi connectivity index (χ0n) is 12.9. The lowest BCUT2D eigenvalue weighted by Crippen LogP contribution is -2.20. The lowest BCUT2D eigenvalue weighted by molar-refractivity contribution is 0.103. The maximum absolute atomic E-state index is 12.7. The topological polar surface area (TPSA) is 64.1 Å². The summed E-state index contributed by atoms with van der Waals surface area (Å²) >= 11 is 0. The molecule has 0 bridgehead atoms. The molecule has 5 nitrogen and oxygen atoms in total. The van der Waals surface area contributed by atoms with Gasteiger partial charge in [-0.3, -0.25) is 14.7 Å². The number of para-hydroxylation sites is 1. The molecule has 5 heteroatoms. The molecule has 0 aliphatic heterocycles. The largest absolute Gasteiger partial charge is 0.497 e. The number of benzene rings is 2. The van der Waals surface area contributed by atoms with Gasteiger partial charge in [-0.15, -0.1) is 0 Å². The van der Waals surface area contributed by atoms with Crippen LogP contribution in [0.3, 0.4) is 0 Å². The van der Waals surface area contributed by atoms with Crippen LogP contribution in [0.1, 0.15) is 21.6 Å². The molecule has 0 amide bonds. The Morgan fingerprint density at radius 2 is 1.70 bits per heavy atom. The number of aromatic nitrogens is 2. The predicted molar refractivity (Wildman–Crippen MR) is 87.6 cm³/mol. The molecule has 0 saturated heterocycles. The van der Waals surface area contributed by atoms with Crippen molar-refractivity contribution in [1.29, 1.82) is 0 Å². The number of rotatable bonds is 4. The summed E-state index contributed by atoms with van der Waals surface area (Å²) in [4.78, 5) is 25.3. The monoisotopic (exact) mass is 308 g/mol. The molecule has 2 aromatic carbocycles. The Kier molecular flexibility index (Phi) is 3.85. The molecular weight excluding hydrogens is 292 g/mol. The third-order valence-electron chi connectivity index (χ3n) is 3.67. The normalized spacial score (nSPS) is 10.5. The van der Waals surface area contributed by atoms with Crippen molar-refractivity contribution in [3.8, 4) is 11.4 Å². The fourth-order valence-corrected chi connectivity index (χ4v) is 2.46. The van der Waals surface area contributed by atoms with Gasteiger partial charge in [0.1, 0.15) is 11.3 Å². The highest BCUT2D eigenvalue weighted by atomic mass is 16.5. The highest BCUT2D eigenvalue weighted by Crippen LogP contribution is 2.15. The Balaban J connectivity index is 2.04. The quantitative estimate of drug-likeness (QED) is 0.754. The minimum Gasteiger partial charge on any atom is -0.497 e. The summed E-state index contributed by atoms with van der Waals surface area (Å²) in [7, 11) is 1.56. The predicted octanol–water partition coefficient (Wildman–Crippen LogP) is 2.71. The number of carbonyl (C=O) groups excluding carboxylic acids is 1. The van der Waals surface area contributed by atoms with Crippen LogP contribution in [0.25, 0.3) is 5.69 Å². The average molecular weight is 308 g/mol. The van der Waals surface area contributed by atoms with Crippen molar-refractivity contribution < 1.29 is 9.53 Å². The highest BCUT2D eigenvalue weighted by Gasteiger charge is 2.20. The lowest BCUT2D eigenvalue weighted by atomic mass is 10.0. The van der Waals surface area contributed by atoms with Gasteiger partial charge in [0.15, 0.2) is 5.78 Å². The number of hydrogen-bond acceptors (Lipinski definition) is 3. The summed E-state index contributed by atoms with van der Waals surface area (Å²) in [5.74, 6) is 0.357. The van der Waals surface area contributed by atoms with Gasteiger partial charge < -0.3 is 4.74 Å². The lowest BCUT2D eigenvalue weighted by Gasteiger charge is -2.01. The van der Waals surface area contributed by atoms with Crippen molar-refractivity contribution in [2.45, 2.75) is 6.92 Å². The first-order chi connectivity index (χ1) is 11.1. The third kappa shape index (κ3) is 2.68. The SMILES string of the molecule is COc1ccc(C(=O)c2c(C)[nH]n(-c3ccccc3)c2=O)cc1. The molecule has 23 heavy (non-hydrogen) atoms. The second kappa shape index (κ2) is 5.96. The van der Waals surface area contributed by atoms with Gasteiger partial charge in [0.05, 0.1) is 12.8 Å². The molecule has 0 aliphatic rings. The van der Waals surface area contributed by atoms with Crippen LogP contribution in [0.5, 0.6) is 5.75 Å². The Bertz CT molecular complexity index is 890. The van der Waals surface area contributed by atoms with Gasteiger partial charge in [-0.1, -0.05) is 18.2 Å². The molecule has 0 saturated carbocycles. The van der Waals surface area contributed by atoms with Crippen LogP contribution in [-0.4, -0.2) is 22.7 Å². The van der Waals surface area contributed by atoms with Crippen LogP contribution >= 0.6 is 0 Å². The van der Waals surface area contributed by atoms with E-state index in [1.54, 1.807) is 50.4 Å². The van der Waals surface area contributed by atoms with E-state index < -0.39 is 0 Å². The molecule has 1 heterocycles. The van der Waals surface area contributed by atoms with Crippen molar-refractivity contribution in [2.75, 3.05) is 7.11 Å². The molecule has 116 valence electrons. The zero-order valence-corrected chi connectivity index (χ0v) is 12.9.